The maximum absolute atomic E-state index is 14.4. The van der Waals surface area contributed by atoms with Crippen molar-refractivity contribution in [2.45, 2.75) is 38.2 Å². The molecular formula is C22H19F5N4O2. The first-order valence-corrected chi connectivity index (χ1v) is 9.95. The minimum atomic E-state index is -4.93. The third-order valence-electron chi connectivity index (χ3n) is 5.66. The molecule has 4 rings (SSSR count). The number of imidazole rings is 1. The summed E-state index contributed by atoms with van der Waals surface area (Å²) in [6, 6.07) is 4.13. The van der Waals surface area contributed by atoms with Crippen molar-refractivity contribution in [3.8, 4) is 11.1 Å². The molecule has 0 bridgehead atoms. The second-order valence-electron chi connectivity index (χ2n) is 8.13. The molecule has 3 aromatic rings. The van der Waals surface area contributed by atoms with Gasteiger partial charge in [-0.05, 0) is 38.1 Å². The van der Waals surface area contributed by atoms with Gasteiger partial charge in [-0.15, -0.1) is 0 Å². The van der Waals surface area contributed by atoms with Gasteiger partial charge < -0.3 is 14.6 Å². The average molecular weight is 466 g/mol. The molecule has 1 aromatic carbocycles. The number of aromatic nitrogens is 3. The fourth-order valence-corrected chi connectivity index (χ4v) is 3.93. The smallest absolute Gasteiger partial charge is 0.374 e. The first-order valence-electron chi connectivity index (χ1n) is 9.95. The van der Waals surface area contributed by atoms with Gasteiger partial charge in [0.2, 0.25) is 5.60 Å². The molecule has 0 spiro atoms. The largest absolute Gasteiger partial charge is 0.424 e. The van der Waals surface area contributed by atoms with Gasteiger partial charge in [0.25, 0.3) is 5.91 Å². The number of halogens is 5. The number of hydrogen-bond donors (Lipinski definition) is 1. The Bertz CT molecular complexity index is 1220. The Kier molecular flexibility index (Phi) is 5.47. The van der Waals surface area contributed by atoms with Crippen LogP contribution in [-0.4, -0.2) is 43.2 Å². The van der Waals surface area contributed by atoms with Crippen molar-refractivity contribution in [1.82, 2.24) is 19.4 Å². The molecular weight excluding hydrogens is 447 g/mol. The summed E-state index contributed by atoms with van der Waals surface area (Å²) in [5, 5.41) is 10.1. The normalized spacial score (nSPS) is 18.1. The highest BCUT2D eigenvalue weighted by Gasteiger charge is 2.55. The maximum atomic E-state index is 14.4. The summed E-state index contributed by atoms with van der Waals surface area (Å²) in [4.78, 5) is 22.0. The van der Waals surface area contributed by atoms with E-state index in [4.69, 9.17) is 0 Å². The van der Waals surface area contributed by atoms with Crippen molar-refractivity contribution in [1.29, 1.82) is 0 Å². The van der Waals surface area contributed by atoms with Crippen LogP contribution in [0.5, 0.6) is 0 Å². The molecule has 1 aliphatic rings. The fraction of sp³-hybridized carbons (Fsp3) is 0.318. The van der Waals surface area contributed by atoms with Crippen LogP contribution in [0.25, 0.3) is 11.1 Å². The topological polar surface area (TPSA) is 71.2 Å². The maximum Gasteiger partial charge on any atom is 0.424 e. The number of amides is 1. The number of rotatable bonds is 3. The SMILES string of the molecule is C[C@H]1CN(C(=O)c2ccc(F)c(-c3cncc(F)c3)c2)Cc2cnc([C@@](C)(O)C(F)(F)F)n21. The number of hydrogen-bond acceptors (Lipinski definition) is 4. The molecule has 1 amide bonds. The molecule has 3 heterocycles. The summed E-state index contributed by atoms with van der Waals surface area (Å²) in [5.41, 5.74) is -2.56. The third-order valence-corrected chi connectivity index (χ3v) is 5.66. The van der Waals surface area contributed by atoms with Crippen molar-refractivity contribution >= 4 is 5.91 Å². The molecule has 2 atom stereocenters. The quantitative estimate of drug-likeness (QED) is 0.587. The van der Waals surface area contributed by atoms with E-state index >= 15 is 0 Å². The number of benzene rings is 1. The molecule has 0 radical (unpaired) electrons. The second-order valence-corrected chi connectivity index (χ2v) is 8.13. The Hall–Kier alpha value is -3.34. The molecule has 0 saturated carbocycles. The van der Waals surface area contributed by atoms with Crippen molar-refractivity contribution in [2.75, 3.05) is 6.54 Å². The van der Waals surface area contributed by atoms with E-state index in [0.717, 1.165) is 18.3 Å². The van der Waals surface area contributed by atoms with Gasteiger partial charge in [0.05, 0.1) is 30.7 Å². The van der Waals surface area contributed by atoms with E-state index in [1.165, 1.54) is 34.0 Å². The summed E-state index contributed by atoms with van der Waals surface area (Å²) in [6.07, 6.45) is -1.50. The standard InChI is InChI=1S/C22H19F5N4O2/c1-12-10-30(11-16-9-29-20(31(12)16)21(2,33)22(25,26)27)19(32)13-3-4-18(24)17(6-13)14-5-15(23)8-28-7-14/h3-9,12,33H,10-11H2,1-2H3/t12-,21+/m0/s1. The number of aliphatic hydroxyl groups is 1. The molecule has 1 N–H and O–H groups in total. The van der Waals surface area contributed by atoms with E-state index in [1.807, 2.05) is 0 Å². The predicted octanol–water partition coefficient (Wildman–Crippen LogP) is 4.21. The van der Waals surface area contributed by atoms with Gasteiger partial charge in [0.15, 0.2) is 5.82 Å². The van der Waals surface area contributed by atoms with Crippen LogP contribution in [0, 0.1) is 11.6 Å². The van der Waals surface area contributed by atoms with E-state index in [1.54, 1.807) is 6.92 Å². The minimum Gasteiger partial charge on any atom is -0.374 e. The molecule has 1 aliphatic heterocycles. The van der Waals surface area contributed by atoms with Gasteiger partial charge in [0, 0.05) is 29.4 Å². The van der Waals surface area contributed by atoms with Crippen LogP contribution in [0.1, 0.15) is 41.8 Å². The first kappa shape index (κ1) is 22.8. The lowest BCUT2D eigenvalue weighted by molar-refractivity contribution is -0.263. The second kappa shape index (κ2) is 7.91. The Morgan fingerprint density at radius 2 is 1.88 bits per heavy atom. The number of nitrogens with zero attached hydrogens (tertiary/aromatic N) is 4. The van der Waals surface area contributed by atoms with Crippen LogP contribution >= 0.6 is 0 Å². The zero-order valence-corrected chi connectivity index (χ0v) is 17.6. The molecule has 33 heavy (non-hydrogen) atoms. The van der Waals surface area contributed by atoms with Crippen LogP contribution in [-0.2, 0) is 12.1 Å². The number of pyridine rings is 1. The lowest BCUT2D eigenvalue weighted by Crippen LogP contribution is -2.45. The van der Waals surface area contributed by atoms with Gasteiger partial charge >= 0.3 is 6.18 Å². The van der Waals surface area contributed by atoms with Crippen LogP contribution < -0.4 is 0 Å². The van der Waals surface area contributed by atoms with Crippen molar-refractivity contribution < 1.29 is 31.9 Å². The van der Waals surface area contributed by atoms with Gasteiger partial charge in [-0.2, -0.15) is 13.2 Å². The van der Waals surface area contributed by atoms with E-state index in [2.05, 4.69) is 9.97 Å². The molecule has 0 aliphatic carbocycles. The van der Waals surface area contributed by atoms with Crippen LogP contribution in [0.4, 0.5) is 22.0 Å². The van der Waals surface area contributed by atoms with Crippen molar-refractivity contribution in [3.05, 3.63) is 71.6 Å². The van der Waals surface area contributed by atoms with E-state index in [-0.39, 0.29) is 29.8 Å². The van der Waals surface area contributed by atoms with Crippen molar-refractivity contribution in [2.24, 2.45) is 0 Å². The highest BCUT2D eigenvalue weighted by Crippen LogP contribution is 2.40. The lowest BCUT2D eigenvalue weighted by Gasteiger charge is -2.36. The molecule has 0 saturated heterocycles. The van der Waals surface area contributed by atoms with Gasteiger partial charge in [-0.1, -0.05) is 0 Å². The summed E-state index contributed by atoms with van der Waals surface area (Å²) >= 11 is 0. The van der Waals surface area contributed by atoms with Crippen molar-refractivity contribution in [3.63, 3.8) is 0 Å². The Labute approximate surface area is 185 Å². The van der Waals surface area contributed by atoms with Crippen LogP contribution in [0.3, 0.4) is 0 Å². The number of alkyl halides is 3. The van der Waals surface area contributed by atoms with Crippen LogP contribution in [0.2, 0.25) is 0 Å². The highest BCUT2D eigenvalue weighted by atomic mass is 19.4. The average Bonchev–Trinajstić information content (AvgIpc) is 3.18. The fourth-order valence-electron chi connectivity index (χ4n) is 3.93. The zero-order chi connectivity index (χ0) is 24.1. The van der Waals surface area contributed by atoms with E-state index in [0.29, 0.717) is 12.6 Å². The predicted molar refractivity (Wildman–Crippen MR) is 107 cm³/mol. The monoisotopic (exact) mass is 466 g/mol. The van der Waals surface area contributed by atoms with E-state index in [9.17, 15) is 31.9 Å². The van der Waals surface area contributed by atoms with Gasteiger partial charge in [-0.25, -0.2) is 13.8 Å². The Morgan fingerprint density at radius 3 is 2.55 bits per heavy atom. The van der Waals surface area contributed by atoms with E-state index < -0.39 is 41.2 Å². The minimum absolute atomic E-state index is 0.00791. The number of fused-ring (bicyclic) bond motifs is 1. The van der Waals surface area contributed by atoms with Gasteiger partial charge in [0.1, 0.15) is 11.6 Å². The molecule has 2 aromatic heterocycles. The molecule has 11 heteroatoms. The third kappa shape index (κ3) is 3.97. The zero-order valence-electron chi connectivity index (χ0n) is 17.6. The lowest BCUT2D eigenvalue weighted by atomic mass is 10.0. The summed E-state index contributed by atoms with van der Waals surface area (Å²) in [5.74, 6) is -2.35. The number of carbonyl (C=O) groups is 1. The summed E-state index contributed by atoms with van der Waals surface area (Å²) in [6.45, 7) is 2.22. The van der Waals surface area contributed by atoms with Crippen LogP contribution in [0.15, 0.2) is 42.9 Å². The Morgan fingerprint density at radius 1 is 1.15 bits per heavy atom. The Balaban J connectivity index is 1.64. The number of carbonyl (C=O) groups excluding carboxylic acids is 1. The summed E-state index contributed by atoms with van der Waals surface area (Å²) in [7, 11) is 0. The molecule has 0 fully saturated rings. The molecule has 174 valence electrons. The summed E-state index contributed by atoms with van der Waals surface area (Å²) < 4.78 is 69.2. The molecule has 0 unspecified atom stereocenters. The van der Waals surface area contributed by atoms with Gasteiger partial charge in [-0.3, -0.25) is 9.78 Å². The molecule has 6 nitrogen and oxygen atoms in total. The first-order chi connectivity index (χ1) is 15.4. The highest BCUT2D eigenvalue weighted by molar-refractivity contribution is 5.95.